The molecule has 7 nitrogen and oxygen atoms in total. The number of nitrogens with zero attached hydrogens (tertiary/aromatic N) is 6. The van der Waals surface area contributed by atoms with Crippen molar-refractivity contribution in [2.45, 2.75) is 32.7 Å². The van der Waals surface area contributed by atoms with Gasteiger partial charge < -0.3 is 10.2 Å². The first-order valence-electron chi connectivity index (χ1n) is 9.71. The van der Waals surface area contributed by atoms with E-state index in [0.717, 1.165) is 63.4 Å². The third-order valence-corrected chi connectivity index (χ3v) is 6.93. The lowest BCUT2D eigenvalue weighted by molar-refractivity contribution is 0.522. The van der Waals surface area contributed by atoms with Crippen LogP contribution in [0.2, 0.25) is 5.02 Å². The van der Waals surface area contributed by atoms with E-state index in [9.17, 15) is 4.39 Å². The third kappa shape index (κ3) is 3.31. The van der Waals surface area contributed by atoms with Crippen molar-refractivity contribution in [1.29, 1.82) is 0 Å². The Morgan fingerprint density at radius 3 is 2.73 bits per heavy atom. The standard InChI is InChI=1S/C20H19ClFN7S/c1-10-11(2)27-28-20-15(10)16-17(30-20)18(25-9-24-16)26-13-3-5-29(6-4-13)19-14(21)7-12(22)8-23-19/h7-9,13H,3-6H2,1-2H3,(H,24,25,26). The maximum Gasteiger partial charge on any atom is 0.149 e. The summed E-state index contributed by atoms with van der Waals surface area (Å²) in [4.78, 5) is 16.2. The molecule has 1 N–H and O–H groups in total. The summed E-state index contributed by atoms with van der Waals surface area (Å²) in [5, 5.41) is 13.6. The highest BCUT2D eigenvalue weighted by molar-refractivity contribution is 7.25. The van der Waals surface area contributed by atoms with Gasteiger partial charge in [0, 0.05) is 24.5 Å². The largest absolute Gasteiger partial charge is 0.366 e. The van der Waals surface area contributed by atoms with Gasteiger partial charge in [0.05, 0.1) is 27.1 Å². The average Bonchev–Trinajstić information content (AvgIpc) is 3.12. The van der Waals surface area contributed by atoms with E-state index >= 15 is 0 Å². The van der Waals surface area contributed by atoms with Gasteiger partial charge in [0.25, 0.3) is 0 Å². The Morgan fingerprint density at radius 1 is 1.17 bits per heavy atom. The lowest BCUT2D eigenvalue weighted by Gasteiger charge is -2.33. The van der Waals surface area contributed by atoms with Gasteiger partial charge in [-0.3, -0.25) is 0 Å². The highest BCUT2D eigenvalue weighted by Crippen LogP contribution is 2.37. The van der Waals surface area contributed by atoms with E-state index in [2.05, 4.69) is 42.3 Å². The molecule has 0 amide bonds. The fourth-order valence-electron chi connectivity index (χ4n) is 3.85. The Morgan fingerprint density at radius 2 is 1.97 bits per heavy atom. The molecule has 0 spiro atoms. The number of aryl methyl sites for hydroxylation is 2. The number of thiophene rings is 1. The summed E-state index contributed by atoms with van der Waals surface area (Å²) in [6, 6.07) is 1.57. The monoisotopic (exact) mass is 443 g/mol. The van der Waals surface area contributed by atoms with Crippen LogP contribution in [0.15, 0.2) is 18.6 Å². The first-order chi connectivity index (χ1) is 14.5. The van der Waals surface area contributed by atoms with Crippen LogP contribution in [0.3, 0.4) is 0 Å². The fraction of sp³-hybridized carbons (Fsp3) is 0.350. The number of aromatic nitrogens is 5. The predicted molar refractivity (Wildman–Crippen MR) is 118 cm³/mol. The second-order valence-electron chi connectivity index (χ2n) is 7.46. The summed E-state index contributed by atoms with van der Waals surface area (Å²) < 4.78 is 14.3. The molecule has 0 bridgehead atoms. The molecule has 0 aliphatic carbocycles. The van der Waals surface area contributed by atoms with Gasteiger partial charge in [-0.15, -0.1) is 16.4 Å². The fourth-order valence-corrected chi connectivity index (χ4v) is 5.21. The van der Waals surface area contributed by atoms with Gasteiger partial charge in [0.15, 0.2) is 0 Å². The zero-order chi connectivity index (χ0) is 20.8. The maximum atomic E-state index is 13.3. The maximum absolute atomic E-state index is 13.3. The van der Waals surface area contributed by atoms with Gasteiger partial charge in [-0.05, 0) is 38.3 Å². The number of pyridine rings is 1. The Kier molecular flexibility index (Phi) is 4.86. The van der Waals surface area contributed by atoms with Crippen LogP contribution >= 0.6 is 22.9 Å². The number of hydrogen-bond donors (Lipinski definition) is 1. The molecule has 30 heavy (non-hydrogen) atoms. The molecular formula is C20H19ClFN7S. The van der Waals surface area contributed by atoms with Gasteiger partial charge in [-0.1, -0.05) is 11.6 Å². The number of anilines is 2. The molecule has 0 radical (unpaired) electrons. The van der Waals surface area contributed by atoms with Crippen molar-refractivity contribution in [3.8, 4) is 0 Å². The van der Waals surface area contributed by atoms with Gasteiger partial charge in [-0.25, -0.2) is 19.3 Å². The molecule has 154 valence electrons. The second kappa shape index (κ2) is 7.55. The van der Waals surface area contributed by atoms with Crippen molar-refractivity contribution < 1.29 is 4.39 Å². The minimum absolute atomic E-state index is 0.262. The van der Waals surface area contributed by atoms with E-state index in [1.165, 1.54) is 12.3 Å². The first kappa shape index (κ1) is 19.3. The van der Waals surface area contributed by atoms with Crippen LogP contribution in [0.25, 0.3) is 20.4 Å². The summed E-state index contributed by atoms with van der Waals surface area (Å²) in [6.45, 7) is 5.57. The SMILES string of the molecule is Cc1nnc2sc3c(NC4CCN(c5ncc(F)cc5Cl)CC4)ncnc3c2c1C. The van der Waals surface area contributed by atoms with E-state index < -0.39 is 5.82 Å². The normalized spacial score (nSPS) is 15.3. The predicted octanol–water partition coefficient (Wildman–Crippen LogP) is 4.52. The lowest BCUT2D eigenvalue weighted by atomic mass is 10.0. The average molecular weight is 444 g/mol. The third-order valence-electron chi connectivity index (χ3n) is 5.59. The molecule has 1 saturated heterocycles. The number of fused-ring (bicyclic) bond motifs is 3. The number of halogens is 2. The summed E-state index contributed by atoms with van der Waals surface area (Å²) in [5.41, 5.74) is 2.94. The van der Waals surface area contributed by atoms with Crippen LogP contribution in [0.5, 0.6) is 0 Å². The minimum atomic E-state index is -0.425. The van der Waals surface area contributed by atoms with Gasteiger partial charge >= 0.3 is 0 Å². The molecule has 10 heteroatoms. The summed E-state index contributed by atoms with van der Waals surface area (Å²) >= 11 is 7.74. The van der Waals surface area contributed by atoms with E-state index in [1.54, 1.807) is 17.7 Å². The molecular weight excluding hydrogens is 425 g/mol. The lowest BCUT2D eigenvalue weighted by Crippen LogP contribution is -2.39. The quantitative estimate of drug-likeness (QED) is 0.498. The topological polar surface area (TPSA) is 79.7 Å². The molecule has 0 saturated carbocycles. The second-order valence-corrected chi connectivity index (χ2v) is 8.86. The van der Waals surface area contributed by atoms with Crippen molar-refractivity contribution in [3.63, 3.8) is 0 Å². The molecule has 4 aromatic rings. The van der Waals surface area contributed by atoms with Crippen LogP contribution in [0.1, 0.15) is 24.1 Å². The van der Waals surface area contributed by atoms with Crippen LogP contribution in [0.4, 0.5) is 16.0 Å². The van der Waals surface area contributed by atoms with E-state index in [0.29, 0.717) is 10.8 Å². The molecule has 4 aromatic heterocycles. The van der Waals surface area contributed by atoms with Gasteiger partial charge in [0.2, 0.25) is 0 Å². The molecule has 5 rings (SSSR count). The van der Waals surface area contributed by atoms with E-state index in [1.807, 2.05) is 6.92 Å². The summed E-state index contributed by atoms with van der Waals surface area (Å²) in [6.07, 6.45) is 4.59. The Balaban J connectivity index is 1.37. The van der Waals surface area contributed by atoms with Crippen LogP contribution in [0, 0.1) is 19.7 Å². The zero-order valence-corrected chi connectivity index (χ0v) is 18.1. The Bertz CT molecular complexity index is 1250. The molecule has 1 aliphatic heterocycles. The highest BCUT2D eigenvalue weighted by atomic mass is 35.5. The first-order valence-corrected chi connectivity index (χ1v) is 10.9. The number of nitrogens with one attached hydrogen (secondary N) is 1. The van der Waals surface area contributed by atoms with Crippen molar-refractivity contribution >= 4 is 55.0 Å². The van der Waals surface area contributed by atoms with Crippen LogP contribution in [-0.2, 0) is 0 Å². The summed E-state index contributed by atoms with van der Waals surface area (Å²) in [5.74, 6) is 1.04. The van der Waals surface area contributed by atoms with E-state index in [4.69, 9.17) is 11.6 Å². The zero-order valence-electron chi connectivity index (χ0n) is 16.5. The molecule has 1 aliphatic rings. The van der Waals surface area contributed by atoms with Crippen molar-refractivity contribution in [1.82, 2.24) is 25.1 Å². The summed E-state index contributed by atoms with van der Waals surface area (Å²) in [7, 11) is 0. The van der Waals surface area contributed by atoms with Gasteiger partial charge in [-0.2, -0.15) is 5.10 Å². The molecule has 5 heterocycles. The van der Waals surface area contributed by atoms with Crippen molar-refractivity contribution in [2.75, 3.05) is 23.3 Å². The highest BCUT2D eigenvalue weighted by Gasteiger charge is 2.24. The number of hydrogen-bond acceptors (Lipinski definition) is 8. The molecule has 1 fully saturated rings. The minimum Gasteiger partial charge on any atom is -0.366 e. The number of rotatable bonds is 3. The smallest absolute Gasteiger partial charge is 0.149 e. The molecule has 0 unspecified atom stereocenters. The van der Waals surface area contributed by atoms with Crippen molar-refractivity contribution in [2.24, 2.45) is 0 Å². The van der Waals surface area contributed by atoms with Crippen molar-refractivity contribution in [3.05, 3.63) is 40.7 Å². The van der Waals surface area contributed by atoms with E-state index in [-0.39, 0.29) is 6.04 Å². The Hall–Kier alpha value is -2.65. The number of piperidine rings is 1. The molecule has 0 atom stereocenters. The van der Waals surface area contributed by atoms with Gasteiger partial charge in [0.1, 0.15) is 28.6 Å². The molecule has 0 aromatic carbocycles. The van der Waals surface area contributed by atoms with Crippen LogP contribution in [-0.4, -0.2) is 44.3 Å². The van der Waals surface area contributed by atoms with Crippen LogP contribution < -0.4 is 10.2 Å². The Labute approximate surface area is 181 Å².